The van der Waals surface area contributed by atoms with Crippen molar-refractivity contribution in [2.75, 3.05) is 19.8 Å². The normalized spacial score (nSPS) is 17.5. The van der Waals surface area contributed by atoms with Gasteiger partial charge >= 0.3 is 6.36 Å². The number of rotatable bonds is 8. The molecule has 2 saturated heterocycles. The van der Waals surface area contributed by atoms with Crippen molar-refractivity contribution in [3.63, 3.8) is 0 Å². The average molecular weight is 601 g/mol. The number of nitriles is 1. The molecule has 1 aromatic heterocycles. The number of piperidine rings is 1. The Morgan fingerprint density at radius 1 is 0.977 bits per heavy atom. The van der Waals surface area contributed by atoms with Crippen LogP contribution in [0.4, 0.5) is 13.2 Å². The van der Waals surface area contributed by atoms with Gasteiger partial charge < -0.3 is 14.2 Å². The van der Waals surface area contributed by atoms with Crippen LogP contribution >= 0.6 is 0 Å². The number of alkyl halides is 3. The lowest BCUT2D eigenvalue weighted by Crippen LogP contribution is -2.55. The molecule has 2 aliphatic heterocycles. The predicted molar refractivity (Wildman–Crippen MR) is 156 cm³/mol. The molecule has 11 heteroatoms. The lowest BCUT2D eigenvalue weighted by atomic mass is 9.86. The van der Waals surface area contributed by atoms with E-state index >= 15 is 0 Å². The predicted octanol–water partition coefficient (Wildman–Crippen LogP) is 5.22. The van der Waals surface area contributed by atoms with E-state index in [9.17, 15) is 18.0 Å². The Balaban J connectivity index is 1.19. The number of amides is 1. The number of ether oxygens (including phenoxy) is 1. The monoisotopic (exact) mass is 600 g/mol. The van der Waals surface area contributed by atoms with Crippen molar-refractivity contribution in [1.29, 1.82) is 5.26 Å². The standard InChI is InChI=1S/C33H31F3N6O2/c34-33(35,36)44-29-9-5-4-8-27(29)21-42-23-39-32(31(42)43)14-16-40(17-15-32)30(26-6-2-1-3-7-26)28-19-38-22-41(28)20-25-12-10-24(18-37)11-13-25/h1-13,19,22,30,39H,14-17,20-21,23H2. The lowest BCUT2D eigenvalue weighted by Gasteiger charge is -2.41. The number of imidazole rings is 1. The van der Waals surface area contributed by atoms with E-state index in [1.54, 1.807) is 17.0 Å². The molecule has 1 unspecified atom stereocenters. The number of carbonyl (C=O) groups excluding carboxylic acids is 1. The van der Waals surface area contributed by atoms with Gasteiger partial charge in [0.25, 0.3) is 0 Å². The molecule has 4 aromatic rings. The fourth-order valence-corrected chi connectivity index (χ4v) is 6.22. The highest BCUT2D eigenvalue weighted by atomic mass is 19.4. The summed E-state index contributed by atoms with van der Waals surface area (Å²) in [5, 5.41) is 12.5. The number of aromatic nitrogens is 2. The number of halogens is 3. The highest BCUT2D eigenvalue weighted by Gasteiger charge is 2.49. The average Bonchev–Trinajstić information content (AvgIpc) is 3.59. The van der Waals surface area contributed by atoms with Gasteiger partial charge in [-0.3, -0.25) is 15.0 Å². The molecule has 44 heavy (non-hydrogen) atoms. The topological polar surface area (TPSA) is 86.4 Å². The Morgan fingerprint density at radius 2 is 1.68 bits per heavy atom. The maximum absolute atomic E-state index is 13.7. The van der Waals surface area contributed by atoms with E-state index in [0.717, 1.165) is 16.8 Å². The molecule has 8 nitrogen and oxygen atoms in total. The second kappa shape index (κ2) is 12.1. The quantitative estimate of drug-likeness (QED) is 0.299. The van der Waals surface area contributed by atoms with Gasteiger partial charge in [0.1, 0.15) is 11.3 Å². The Hall–Kier alpha value is -4.66. The molecule has 0 radical (unpaired) electrons. The first-order valence-corrected chi connectivity index (χ1v) is 14.4. The van der Waals surface area contributed by atoms with Crippen LogP contribution in [0.25, 0.3) is 0 Å². The van der Waals surface area contributed by atoms with Crippen LogP contribution in [-0.4, -0.2) is 56.9 Å². The molecule has 6 rings (SSSR count). The van der Waals surface area contributed by atoms with Gasteiger partial charge in [0, 0.05) is 25.2 Å². The van der Waals surface area contributed by atoms with Crippen molar-refractivity contribution in [2.45, 2.75) is 43.9 Å². The molecule has 226 valence electrons. The van der Waals surface area contributed by atoms with Crippen molar-refractivity contribution in [3.05, 3.63) is 119 Å². The first-order valence-electron chi connectivity index (χ1n) is 14.4. The second-order valence-corrected chi connectivity index (χ2v) is 11.2. The fraction of sp³-hybridized carbons (Fsp3) is 0.303. The molecule has 0 saturated carbocycles. The summed E-state index contributed by atoms with van der Waals surface area (Å²) < 4.78 is 45.2. The summed E-state index contributed by atoms with van der Waals surface area (Å²) in [4.78, 5) is 22.1. The molecule has 1 N–H and O–H groups in total. The van der Waals surface area contributed by atoms with E-state index < -0.39 is 11.9 Å². The number of nitrogens with zero attached hydrogens (tertiary/aromatic N) is 5. The van der Waals surface area contributed by atoms with Crippen LogP contribution in [0.3, 0.4) is 0 Å². The third kappa shape index (κ3) is 6.18. The molecule has 3 heterocycles. The van der Waals surface area contributed by atoms with E-state index in [0.29, 0.717) is 43.6 Å². The first-order chi connectivity index (χ1) is 21.2. The summed E-state index contributed by atoms with van der Waals surface area (Å²) in [6, 6.07) is 25.7. The minimum atomic E-state index is -4.82. The van der Waals surface area contributed by atoms with E-state index in [1.165, 1.54) is 12.1 Å². The number of nitrogens with one attached hydrogen (secondary N) is 1. The van der Waals surface area contributed by atoms with Crippen LogP contribution < -0.4 is 10.1 Å². The number of likely N-dealkylation sites (tertiary alicyclic amines) is 1. The van der Waals surface area contributed by atoms with Crippen LogP contribution in [0.2, 0.25) is 0 Å². The third-order valence-corrected chi connectivity index (χ3v) is 8.46. The Morgan fingerprint density at radius 3 is 2.39 bits per heavy atom. The number of para-hydroxylation sites is 1. The zero-order valence-corrected chi connectivity index (χ0v) is 23.9. The maximum atomic E-state index is 13.7. The summed E-state index contributed by atoms with van der Waals surface area (Å²) in [5.74, 6) is -0.409. The smallest absolute Gasteiger partial charge is 0.405 e. The molecule has 1 spiro atoms. The van der Waals surface area contributed by atoms with E-state index in [1.807, 2.05) is 55.0 Å². The number of carbonyl (C=O) groups is 1. The van der Waals surface area contributed by atoms with Gasteiger partial charge in [0.2, 0.25) is 5.91 Å². The van der Waals surface area contributed by atoms with E-state index in [4.69, 9.17) is 5.26 Å². The van der Waals surface area contributed by atoms with Crippen LogP contribution in [0.1, 0.15) is 46.8 Å². The van der Waals surface area contributed by atoms with Crippen LogP contribution in [-0.2, 0) is 17.9 Å². The summed E-state index contributed by atoms with van der Waals surface area (Å²) in [7, 11) is 0. The van der Waals surface area contributed by atoms with Crippen LogP contribution in [0.15, 0.2) is 91.4 Å². The summed E-state index contributed by atoms with van der Waals surface area (Å²) in [6.07, 6.45) is -0.0155. The van der Waals surface area contributed by atoms with E-state index in [-0.39, 0.29) is 30.9 Å². The van der Waals surface area contributed by atoms with Crippen molar-refractivity contribution < 1.29 is 22.7 Å². The number of hydrogen-bond acceptors (Lipinski definition) is 6. The fourth-order valence-electron chi connectivity index (χ4n) is 6.22. The minimum absolute atomic E-state index is 0.0186. The lowest BCUT2D eigenvalue weighted by molar-refractivity contribution is -0.275. The van der Waals surface area contributed by atoms with E-state index in [2.05, 4.69) is 42.7 Å². The molecule has 2 aliphatic rings. The Bertz CT molecular complexity index is 1640. The molecular formula is C33H31F3N6O2. The second-order valence-electron chi connectivity index (χ2n) is 11.2. The van der Waals surface area contributed by atoms with Gasteiger partial charge in [-0.25, -0.2) is 4.98 Å². The Kier molecular flexibility index (Phi) is 8.12. The van der Waals surface area contributed by atoms with Crippen molar-refractivity contribution >= 4 is 5.91 Å². The molecule has 1 amide bonds. The van der Waals surface area contributed by atoms with Crippen LogP contribution in [0, 0.1) is 11.3 Å². The number of benzene rings is 3. The molecule has 1 atom stereocenters. The van der Waals surface area contributed by atoms with Crippen molar-refractivity contribution in [2.24, 2.45) is 0 Å². The van der Waals surface area contributed by atoms with Gasteiger partial charge in [0.05, 0.1) is 49.1 Å². The molecule has 0 aliphatic carbocycles. The van der Waals surface area contributed by atoms with Gasteiger partial charge in [-0.15, -0.1) is 13.2 Å². The summed E-state index contributed by atoms with van der Waals surface area (Å²) in [5.41, 5.74) is 3.31. The molecule has 3 aromatic carbocycles. The third-order valence-electron chi connectivity index (χ3n) is 8.46. The zero-order chi connectivity index (χ0) is 30.7. The number of hydrogen-bond donors (Lipinski definition) is 1. The minimum Gasteiger partial charge on any atom is -0.405 e. The van der Waals surface area contributed by atoms with Crippen LogP contribution in [0.5, 0.6) is 5.75 Å². The molecule has 0 bridgehead atoms. The highest BCUT2D eigenvalue weighted by molar-refractivity contribution is 5.88. The largest absolute Gasteiger partial charge is 0.573 e. The molecule has 2 fully saturated rings. The molecular weight excluding hydrogens is 569 g/mol. The maximum Gasteiger partial charge on any atom is 0.573 e. The highest BCUT2D eigenvalue weighted by Crippen LogP contribution is 2.37. The Labute approximate surface area is 253 Å². The SMILES string of the molecule is N#Cc1ccc(Cn2cncc2C(c2ccccc2)N2CCC3(CC2)NCN(Cc2ccccc2OC(F)(F)F)C3=O)cc1. The van der Waals surface area contributed by atoms with Crippen molar-refractivity contribution in [1.82, 2.24) is 24.7 Å². The van der Waals surface area contributed by atoms with Gasteiger partial charge in [-0.2, -0.15) is 5.26 Å². The van der Waals surface area contributed by atoms with Gasteiger partial charge in [0.15, 0.2) is 0 Å². The first kappa shape index (κ1) is 29.4. The van der Waals surface area contributed by atoms with Gasteiger partial charge in [-0.1, -0.05) is 60.7 Å². The summed E-state index contributed by atoms with van der Waals surface area (Å²) >= 11 is 0. The summed E-state index contributed by atoms with van der Waals surface area (Å²) in [6.45, 7) is 2.12. The van der Waals surface area contributed by atoms with Crippen molar-refractivity contribution in [3.8, 4) is 11.8 Å². The van der Waals surface area contributed by atoms with Gasteiger partial charge in [-0.05, 0) is 42.2 Å². The zero-order valence-electron chi connectivity index (χ0n) is 23.9.